The smallest absolute Gasteiger partial charge is 0.387 e. The maximum Gasteiger partial charge on any atom is 0.387 e. The normalized spacial score (nSPS) is 22.0. The number of esters is 1. The molecule has 0 spiro atoms. The number of alkyl halides is 2. The summed E-state index contributed by atoms with van der Waals surface area (Å²) in [6, 6.07) is 9.64. The molecule has 1 saturated heterocycles. The number of hydrogen-bond acceptors (Lipinski definition) is 6. The van der Waals surface area contributed by atoms with Crippen molar-refractivity contribution < 1.29 is 32.6 Å². The Labute approximate surface area is 202 Å². The van der Waals surface area contributed by atoms with Gasteiger partial charge in [-0.3, -0.25) is 9.69 Å². The summed E-state index contributed by atoms with van der Waals surface area (Å²) in [4.78, 5) is 28.6. The summed E-state index contributed by atoms with van der Waals surface area (Å²) in [7, 11) is 3.59. The van der Waals surface area contributed by atoms with Gasteiger partial charge in [-0.15, -0.1) is 0 Å². The molecule has 2 aromatic carbocycles. The Hall–Kier alpha value is -3.20. The first-order chi connectivity index (χ1) is 16.8. The Morgan fingerprint density at radius 3 is 2.66 bits per heavy atom. The highest BCUT2D eigenvalue weighted by Crippen LogP contribution is 2.39. The van der Waals surface area contributed by atoms with Crippen LogP contribution >= 0.6 is 0 Å². The van der Waals surface area contributed by atoms with Crippen molar-refractivity contribution in [2.75, 3.05) is 27.2 Å². The van der Waals surface area contributed by atoms with E-state index >= 15 is 0 Å². The molecule has 35 heavy (non-hydrogen) atoms. The van der Waals surface area contributed by atoms with Gasteiger partial charge >= 0.3 is 12.6 Å². The fraction of sp³-hybridized carbons (Fsp3) is 0.462. The molecule has 1 saturated carbocycles. The second kappa shape index (κ2) is 9.45. The molecule has 2 unspecified atom stereocenters. The van der Waals surface area contributed by atoms with Crippen LogP contribution in [0.2, 0.25) is 0 Å². The maximum absolute atomic E-state index is 13.0. The zero-order valence-corrected chi connectivity index (χ0v) is 19.7. The molecule has 2 fully saturated rings. The van der Waals surface area contributed by atoms with Crippen LogP contribution in [0, 0.1) is 5.92 Å². The van der Waals surface area contributed by atoms with E-state index in [1.165, 1.54) is 6.07 Å². The molecule has 1 aliphatic carbocycles. The molecule has 2 aliphatic heterocycles. The molecule has 0 bridgehead atoms. The van der Waals surface area contributed by atoms with Crippen molar-refractivity contribution in [3.05, 3.63) is 53.1 Å². The highest BCUT2D eigenvalue weighted by atomic mass is 19.3. The van der Waals surface area contributed by atoms with Crippen LogP contribution in [0.5, 0.6) is 17.2 Å². The number of hydrogen-bond donors (Lipinski definition) is 0. The van der Waals surface area contributed by atoms with E-state index in [4.69, 9.17) is 9.47 Å². The van der Waals surface area contributed by atoms with Gasteiger partial charge in [-0.25, -0.2) is 4.79 Å². The first-order valence-electron chi connectivity index (χ1n) is 11.8. The standard InChI is InChI=1S/C26H28F2N2O5/c1-29-12-17(16-5-8-22(35-26(27)28)23(11-16)33-14-15-3-4-15)10-21(29)25(32)34-19-6-7-20-18(9-19)13-30(2)24(20)31/h5-9,11,15,17,21,26H,3-4,10,12-14H2,1-2H3. The average molecular weight is 487 g/mol. The number of ether oxygens (including phenoxy) is 3. The predicted molar refractivity (Wildman–Crippen MR) is 123 cm³/mol. The quantitative estimate of drug-likeness (QED) is 0.414. The molecule has 5 rings (SSSR count). The first kappa shape index (κ1) is 23.5. The van der Waals surface area contributed by atoms with Crippen molar-refractivity contribution in [2.45, 2.75) is 44.4 Å². The number of rotatable bonds is 8. The van der Waals surface area contributed by atoms with E-state index in [0.717, 1.165) is 24.0 Å². The lowest BCUT2D eigenvalue weighted by Gasteiger charge is -2.17. The van der Waals surface area contributed by atoms with E-state index in [1.807, 2.05) is 11.9 Å². The number of fused-ring (bicyclic) bond motifs is 1. The molecule has 1 amide bonds. The summed E-state index contributed by atoms with van der Waals surface area (Å²) in [6.07, 6.45) is 2.69. The van der Waals surface area contributed by atoms with Crippen LogP contribution in [0.3, 0.4) is 0 Å². The maximum atomic E-state index is 13.0. The number of nitrogens with zero attached hydrogens (tertiary/aromatic N) is 2. The van der Waals surface area contributed by atoms with Gasteiger partial charge in [0.1, 0.15) is 11.8 Å². The summed E-state index contributed by atoms with van der Waals surface area (Å²) in [5.74, 6) is 0.809. The summed E-state index contributed by atoms with van der Waals surface area (Å²) in [5.41, 5.74) is 2.37. The van der Waals surface area contributed by atoms with E-state index in [2.05, 4.69) is 4.74 Å². The lowest BCUT2D eigenvalue weighted by atomic mass is 9.96. The van der Waals surface area contributed by atoms with Crippen molar-refractivity contribution in [2.24, 2.45) is 5.92 Å². The fourth-order valence-corrected chi connectivity index (χ4v) is 4.78. The van der Waals surface area contributed by atoms with E-state index in [0.29, 0.717) is 49.1 Å². The summed E-state index contributed by atoms with van der Waals surface area (Å²) >= 11 is 0. The van der Waals surface area contributed by atoms with Crippen molar-refractivity contribution >= 4 is 11.9 Å². The second-order valence-electron chi connectivity index (χ2n) is 9.63. The van der Waals surface area contributed by atoms with Crippen LogP contribution in [0.15, 0.2) is 36.4 Å². The van der Waals surface area contributed by atoms with Gasteiger partial charge < -0.3 is 19.1 Å². The number of likely N-dealkylation sites (N-methyl/N-ethyl adjacent to an activating group) is 1. The minimum Gasteiger partial charge on any atom is -0.489 e. The number of benzene rings is 2. The van der Waals surface area contributed by atoms with Crippen LogP contribution in [0.25, 0.3) is 0 Å². The van der Waals surface area contributed by atoms with Crippen molar-refractivity contribution in [1.82, 2.24) is 9.80 Å². The Morgan fingerprint density at radius 2 is 1.91 bits per heavy atom. The second-order valence-corrected chi connectivity index (χ2v) is 9.63. The molecular formula is C26H28F2N2O5. The fourth-order valence-electron chi connectivity index (χ4n) is 4.78. The first-order valence-corrected chi connectivity index (χ1v) is 11.8. The van der Waals surface area contributed by atoms with Gasteiger partial charge in [0.25, 0.3) is 5.91 Å². The zero-order chi connectivity index (χ0) is 24.7. The lowest BCUT2D eigenvalue weighted by Crippen LogP contribution is -2.35. The molecule has 2 heterocycles. The van der Waals surface area contributed by atoms with Crippen LogP contribution < -0.4 is 14.2 Å². The monoisotopic (exact) mass is 486 g/mol. The number of carbonyl (C=O) groups is 2. The molecule has 0 aromatic heterocycles. The summed E-state index contributed by atoms with van der Waals surface area (Å²) in [6.45, 7) is -1.36. The van der Waals surface area contributed by atoms with Gasteiger partial charge in [-0.1, -0.05) is 6.07 Å². The van der Waals surface area contributed by atoms with Gasteiger partial charge in [-0.2, -0.15) is 8.78 Å². The third-order valence-corrected chi connectivity index (χ3v) is 6.93. The SMILES string of the molecule is CN1Cc2cc(OC(=O)C3CC(c4ccc(OC(F)F)c(OCC5CC5)c4)CN3C)ccc2C1=O. The molecule has 186 valence electrons. The molecule has 3 aliphatic rings. The van der Waals surface area contributed by atoms with E-state index in [-0.39, 0.29) is 23.5 Å². The lowest BCUT2D eigenvalue weighted by molar-refractivity contribution is -0.138. The molecule has 7 nitrogen and oxygen atoms in total. The van der Waals surface area contributed by atoms with E-state index in [1.54, 1.807) is 42.3 Å². The van der Waals surface area contributed by atoms with Crippen LogP contribution in [-0.2, 0) is 11.3 Å². The zero-order valence-electron chi connectivity index (χ0n) is 19.7. The van der Waals surface area contributed by atoms with Gasteiger partial charge in [0, 0.05) is 25.7 Å². The summed E-state index contributed by atoms with van der Waals surface area (Å²) < 4.78 is 41.8. The van der Waals surface area contributed by atoms with Crippen molar-refractivity contribution in [1.29, 1.82) is 0 Å². The number of halogens is 2. The van der Waals surface area contributed by atoms with Gasteiger partial charge in [0.05, 0.1) is 6.61 Å². The predicted octanol–water partition coefficient (Wildman–Crippen LogP) is 4.06. The van der Waals surface area contributed by atoms with Crippen LogP contribution in [-0.4, -0.2) is 61.6 Å². The highest BCUT2D eigenvalue weighted by molar-refractivity contribution is 5.98. The Kier molecular flexibility index (Phi) is 6.35. The topological polar surface area (TPSA) is 68.3 Å². The van der Waals surface area contributed by atoms with E-state index < -0.39 is 12.7 Å². The van der Waals surface area contributed by atoms with Crippen LogP contribution in [0.1, 0.15) is 46.7 Å². The summed E-state index contributed by atoms with van der Waals surface area (Å²) in [5, 5.41) is 0. The minimum absolute atomic E-state index is 0.00715. The number of carbonyl (C=O) groups excluding carboxylic acids is 2. The average Bonchev–Trinajstić information content (AvgIpc) is 3.50. The minimum atomic E-state index is -2.93. The van der Waals surface area contributed by atoms with Gasteiger partial charge in [0.15, 0.2) is 11.5 Å². The molecule has 0 radical (unpaired) electrons. The van der Waals surface area contributed by atoms with E-state index in [9.17, 15) is 18.4 Å². The molecule has 0 N–H and O–H groups in total. The van der Waals surface area contributed by atoms with Gasteiger partial charge in [-0.05, 0) is 79.6 Å². The Morgan fingerprint density at radius 1 is 1.11 bits per heavy atom. The molecule has 9 heteroatoms. The third kappa shape index (κ3) is 5.10. The van der Waals surface area contributed by atoms with Crippen LogP contribution in [0.4, 0.5) is 8.78 Å². The molecule has 2 atom stereocenters. The number of likely N-dealkylation sites (tertiary alicyclic amines) is 1. The van der Waals surface area contributed by atoms with Gasteiger partial charge in [0.2, 0.25) is 0 Å². The Balaban J connectivity index is 1.27. The third-order valence-electron chi connectivity index (χ3n) is 6.93. The van der Waals surface area contributed by atoms with Crippen molar-refractivity contribution in [3.63, 3.8) is 0 Å². The van der Waals surface area contributed by atoms with Crippen molar-refractivity contribution in [3.8, 4) is 17.2 Å². The molecule has 2 aromatic rings. The number of amides is 1. The highest BCUT2D eigenvalue weighted by Gasteiger charge is 2.37. The molecular weight excluding hydrogens is 458 g/mol. The largest absolute Gasteiger partial charge is 0.489 e. The Bertz CT molecular complexity index is 1140.